The summed E-state index contributed by atoms with van der Waals surface area (Å²) in [5.41, 5.74) is 0.168. The molecule has 1 amide bonds. The van der Waals surface area contributed by atoms with E-state index in [1.54, 1.807) is 0 Å². The van der Waals surface area contributed by atoms with Crippen molar-refractivity contribution in [3.63, 3.8) is 0 Å². The molecule has 0 aromatic heterocycles. The second kappa shape index (κ2) is 6.77. The number of carbonyl (C=O) groups excluding carboxylic acids is 1. The Hall–Kier alpha value is -1.52. The molecular weight excluding hydrogens is 315 g/mol. The highest BCUT2D eigenvalue weighted by molar-refractivity contribution is 5.81. The van der Waals surface area contributed by atoms with Gasteiger partial charge in [0.1, 0.15) is 0 Å². The smallest absolute Gasteiger partial charge is 0.339 e. The van der Waals surface area contributed by atoms with Gasteiger partial charge in [0, 0.05) is 18.5 Å². The molecule has 1 saturated heterocycles. The van der Waals surface area contributed by atoms with Crippen LogP contribution < -0.4 is 0 Å². The molecule has 3 atom stereocenters. The lowest BCUT2D eigenvalue weighted by Crippen LogP contribution is -2.43. The van der Waals surface area contributed by atoms with E-state index in [1.807, 2.05) is 4.90 Å². The van der Waals surface area contributed by atoms with Crippen LogP contribution in [0.5, 0.6) is 0 Å². The van der Waals surface area contributed by atoms with Crippen LogP contribution in [-0.4, -0.2) is 23.4 Å². The molecule has 5 heteroatoms. The minimum atomic E-state index is -4.31. The molecule has 1 saturated carbocycles. The van der Waals surface area contributed by atoms with Crippen molar-refractivity contribution < 1.29 is 18.0 Å². The van der Waals surface area contributed by atoms with Gasteiger partial charge in [-0.2, -0.15) is 13.2 Å². The monoisotopic (exact) mass is 339 g/mol. The first kappa shape index (κ1) is 17.3. The van der Waals surface area contributed by atoms with E-state index >= 15 is 0 Å². The first-order chi connectivity index (χ1) is 11.4. The van der Waals surface area contributed by atoms with Crippen molar-refractivity contribution in [2.75, 3.05) is 6.54 Å². The fourth-order valence-corrected chi connectivity index (χ4v) is 4.16. The molecule has 0 N–H and O–H groups in total. The van der Waals surface area contributed by atoms with E-state index in [0.717, 1.165) is 37.1 Å². The van der Waals surface area contributed by atoms with Gasteiger partial charge in [0.05, 0.1) is 5.56 Å². The molecule has 24 heavy (non-hydrogen) atoms. The third kappa shape index (κ3) is 3.60. The zero-order valence-corrected chi connectivity index (χ0v) is 14.0. The molecule has 2 nitrogen and oxygen atoms in total. The lowest BCUT2D eigenvalue weighted by atomic mass is 9.85. The second-order valence-corrected chi connectivity index (χ2v) is 7.25. The van der Waals surface area contributed by atoms with Gasteiger partial charge >= 0.3 is 6.18 Å². The maximum Gasteiger partial charge on any atom is 0.416 e. The van der Waals surface area contributed by atoms with E-state index in [2.05, 4.69) is 6.92 Å². The van der Waals surface area contributed by atoms with Gasteiger partial charge < -0.3 is 4.90 Å². The largest absolute Gasteiger partial charge is 0.416 e. The standard InChI is InChI=1S/C19H24F3NO/c1-13-4-2-3-5-17(13)23-11-10-15(18(23)24)12-14-6-8-16(9-7-14)19(20,21)22/h6-9,13,15,17H,2-5,10-12H2,1H3. The Morgan fingerprint density at radius 1 is 1.08 bits per heavy atom. The Labute approximate surface area is 141 Å². The van der Waals surface area contributed by atoms with Gasteiger partial charge in [0.2, 0.25) is 5.91 Å². The normalized spacial score (nSPS) is 28.4. The van der Waals surface area contributed by atoms with E-state index < -0.39 is 11.7 Å². The number of amides is 1. The Kier molecular flexibility index (Phi) is 4.88. The van der Waals surface area contributed by atoms with Crippen LogP contribution in [0, 0.1) is 11.8 Å². The Bertz CT molecular complexity index is 581. The summed E-state index contributed by atoms with van der Waals surface area (Å²) in [6, 6.07) is 5.57. The fourth-order valence-electron chi connectivity index (χ4n) is 4.16. The average Bonchev–Trinajstić information content (AvgIpc) is 2.88. The molecule has 1 aliphatic carbocycles. The number of hydrogen-bond donors (Lipinski definition) is 0. The van der Waals surface area contributed by atoms with E-state index in [1.165, 1.54) is 31.4 Å². The molecule has 1 aromatic carbocycles. The number of halogens is 3. The number of alkyl halides is 3. The van der Waals surface area contributed by atoms with Crippen LogP contribution in [0.2, 0.25) is 0 Å². The summed E-state index contributed by atoms with van der Waals surface area (Å²) in [5, 5.41) is 0. The van der Waals surface area contributed by atoms with Gasteiger partial charge in [0.15, 0.2) is 0 Å². The summed E-state index contributed by atoms with van der Waals surface area (Å²) in [6.07, 6.45) is 1.72. The highest BCUT2D eigenvalue weighted by Gasteiger charge is 2.38. The molecule has 2 fully saturated rings. The van der Waals surface area contributed by atoms with Crippen molar-refractivity contribution >= 4 is 5.91 Å². The van der Waals surface area contributed by atoms with Crippen LogP contribution in [0.3, 0.4) is 0 Å². The van der Waals surface area contributed by atoms with E-state index in [9.17, 15) is 18.0 Å². The lowest BCUT2D eigenvalue weighted by Gasteiger charge is -2.36. The number of carbonyl (C=O) groups is 1. The molecule has 0 spiro atoms. The van der Waals surface area contributed by atoms with Crippen LogP contribution >= 0.6 is 0 Å². The SMILES string of the molecule is CC1CCCCC1N1CCC(Cc2ccc(C(F)(F)F)cc2)C1=O. The van der Waals surface area contributed by atoms with Crippen LogP contribution in [0.4, 0.5) is 13.2 Å². The molecule has 0 radical (unpaired) electrons. The maximum absolute atomic E-state index is 12.7. The molecule has 3 rings (SSSR count). The first-order valence-electron chi connectivity index (χ1n) is 8.83. The second-order valence-electron chi connectivity index (χ2n) is 7.25. The summed E-state index contributed by atoms with van der Waals surface area (Å²) in [5.74, 6) is 0.650. The first-order valence-corrected chi connectivity index (χ1v) is 8.83. The van der Waals surface area contributed by atoms with Crippen molar-refractivity contribution in [1.82, 2.24) is 4.90 Å². The van der Waals surface area contributed by atoms with Crippen molar-refractivity contribution in [3.05, 3.63) is 35.4 Å². The van der Waals surface area contributed by atoms with Gasteiger partial charge in [0.25, 0.3) is 0 Å². The average molecular weight is 339 g/mol. The minimum absolute atomic E-state index is 0.0872. The number of benzene rings is 1. The van der Waals surface area contributed by atoms with Gasteiger partial charge in [-0.05, 0) is 49.3 Å². The number of likely N-dealkylation sites (tertiary alicyclic amines) is 1. The van der Waals surface area contributed by atoms with Crippen LogP contribution in [-0.2, 0) is 17.4 Å². The topological polar surface area (TPSA) is 20.3 Å². The summed E-state index contributed by atoms with van der Waals surface area (Å²) in [7, 11) is 0. The molecule has 3 unspecified atom stereocenters. The van der Waals surface area contributed by atoms with Gasteiger partial charge in [-0.25, -0.2) is 0 Å². The van der Waals surface area contributed by atoms with Crippen LogP contribution in [0.1, 0.15) is 50.2 Å². The van der Waals surface area contributed by atoms with Crippen molar-refractivity contribution in [2.45, 2.75) is 57.7 Å². The van der Waals surface area contributed by atoms with Gasteiger partial charge in [-0.3, -0.25) is 4.79 Å². The number of nitrogens with zero attached hydrogens (tertiary/aromatic N) is 1. The zero-order chi connectivity index (χ0) is 17.3. The predicted octanol–water partition coefficient (Wildman–Crippen LogP) is 4.68. The summed E-state index contributed by atoms with van der Waals surface area (Å²) >= 11 is 0. The van der Waals surface area contributed by atoms with Crippen LogP contribution in [0.25, 0.3) is 0 Å². The number of hydrogen-bond acceptors (Lipinski definition) is 1. The zero-order valence-electron chi connectivity index (χ0n) is 14.0. The fraction of sp³-hybridized carbons (Fsp3) is 0.632. The summed E-state index contributed by atoms with van der Waals surface area (Å²) in [4.78, 5) is 14.8. The van der Waals surface area contributed by atoms with Crippen LogP contribution in [0.15, 0.2) is 24.3 Å². The van der Waals surface area contributed by atoms with Gasteiger partial charge in [-0.1, -0.05) is 31.9 Å². The molecule has 1 aromatic rings. The van der Waals surface area contributed by atoms with E-state index in [4.69, 9.17) is 0 Å². The highest BCUT2D eigenvalue weighted by atomic mass is 19.4. The van der Waals surface area contributed by atoms with Crippen molar-refractivity contribution in [1.29, 1.82) is 0 Å². The Balaban J connectivity index is 1.63. The molecule has 0 bridgehead atoms. The number of rotatable bonds is 3. The lowest BCUT2D eigenvalue weighted by molar-refractivity contribution is -0.137. The molecule has 1 heterocycles. The Morgan fingerprint density at radius 3 is 2.38 bits per heavy atom. The Morgan fingerprint density at radius 2 is 1.75 bits per heavy atom. The predicted molar refractivity (Wildman–Crippen MR) is 86.4 cm³/mol. The van der Waals surface area contributed by atoms with E-state index in [-0.39, 0.29) is 11.8 Å². The molecule has 2 aliphatic rings. The molecule has 132 valence electrons. The highest BCUT2D eigenvalue weighted by Crippen LogP contribution is 2.34. The third-order valence-corrected chi connectivity index (χ3v) is 5.58. The van der Waals surface area contributed by atoms with Gasteiger partial charge in [-0.15, -0.1) is 0 Å². The quantitative estimate of drug-likeness (QED) is 0.783. The van der Waals surface area contributed by atoms with Crippen molar-refractivity contribution in [3.8, 4) is 0 Å². The molecule has 1 aliphatic heterocycles. The molecular formula is C19H24F3NO. The minimum Gasteiger partial charge on any atom is -0.339 e. The maximum atomic E-state index is 12.7. The van der Waals surface area contributed by atoms with E-state index in [0.29, 0.717) is 18.4 Å². The summed E-state index contributed by atoms with van der Waals surface area (Å²) < 4.78 is 37.9. The summed E-state index contributed by atoms with van der Waals surface area (Å²) in [6.45, 7) is 3.01. The third-order valence-electron chi connectivity index (χ3n) is 5.58. The van der Waals surface area contributed by atoms with Crippen molar-refractivity contribution in [2.24, 2.45) is 11.8 Å².